The predicted molar refractivity (Wildman–Crippen MR) is 121 cm³/mol. The third-order valence-electron chi connectivity index (χ3n) is 6.31. The van der Waals surface area contributed by atoms with Gasteiger partial charge in [0.15, 0.2) is 6.61 Å². The van der Waals surface area contributed by atoms with Gasteiger partial charge in [-0.2, -0.15) is 0 Å². The molecule has 2 aromatic carbocycles. The molecule has 3 aliphatic rings. The number of carbonyl (C=O) groups excluding carboxylic acids is 2. The fraction of sp³-hybridized carbons (Fsp3) is 0.333. The first-order valence-corrected chi connectivity index (χ1v) is 11.2. The molecule has 0 bridgehead atoms. The van der Waals surface area contributed by atoms with Gasteiger partial charge in [0.1, 0.15) is 11.9 Å². The van der Waals surface area contributed by atoms with Crippen molar-refractivity contribution in [3.8, 4) is 5.75 Å². The SMILES string of the molecule is Cc1ccccc1OCC(=O)N1CCC2=C(C1)C(=O)N1NC(c3ccccc3Cl)CC1N2. The lowest BCUT2D eigenvalue weighted by Crippen LogP contribution is -2.57. The molecule has 8 heteroatoms. The highest BCUT2D eigenvalue weighted by molar-refractivity contribution is 6.31. The molecule has 0 radical (unpaired) electrons. The monoisotopic (exact) mass is 452 g/mol. The van der Waals surface area contributed by atoms with Gasteiger partial charge in [0.25, 0.3) is 11.8 Å². The summed E-state index contributed by atoms with van der Waals surface area (Å²) in [5.41, 5.74) is 6.82. The molecule has 7 nitrogen and oxygen atoms in total. The Kier molecular flexibility index (Phi) is 5.53. The van der Waals surface area contributed by atoms with Crippen LogP contribution < -0.4 is 15.5 Å². The Morgan fingerprint density at radius 1 is 1.19 bits per heavy atom. The van der Waals surface area contributed by atoms with Gasteiger partial charge in [-0.05, 0) is 30.2 Å². The van der Waals surface area contributed by atoms with E-state index in [9.17, 15) is 9.59 Å². The van der Waals surface area contributed by atoms with E-state index in [4.69, 9.17) is 16.3 Å². The average Bonchev–Trinajstić information content (AvgIpc) is 3.23. The van der Waals surface area contributed by atoms with Gasteiger partial charge >= 0.3 is 0 Å². The van der Waals surface area contributed by atoms with Gasteiger partial charge in [-0.25, -0.2) is 5.43 Å². The maximum atomic E-state index is 13.3. The molecule has 3 heterocycles. The Morgan fingerprint density at radius 3 is 2.78 bits per heavy atom. The Labute approximate surface area is 191 Å². The summed E-state index contributed by atoms with van der Waals surface area (Å²) in [5.74, 6) is 0.483. The highest BCUT2D eigenvalue weighted by Crippen LogP contribution is 2.35. The van der Waals surface area contributed by atoms with Crippen molar-refractivity contribution in [2.45, 2.75) is 32.0 Å². The number of ether oxygens (including phenoxy) is 1. The van der Waals surface area contributed by atoms with E-state index in [0.717, 1.165) is 23.2 Å². The number of aryl methyl sites for hydroxylation is 1. The molecule has 0 aliphatic carbocycles. The summed E-state index contributed by atoms with van der Waals surface area (Å²) in [5, 5.41) is 5.83. The van der Waals surface area contributed by atoms with Crippen LogP contribution in [0.1, 0.15) is 30.0 Å². The van der Waals surface area contributed by atoms with Crippen molar-refractivity contribution in [3.63, 3.8) is 0 Å². The van der Waals surface area contributed by atoms with Crippen molar-refractivity contribution in [1.29, 1.82) is 0 Å². The number of fused-ring (bicyclic) bond motifs is 1. The van der Waals surface area contributed by atoms with Gasteiger partial charge in [0.05, 0.1) is 18.2 Å². The molecule has 0 aromatic heterocycles. The highest BCUT2D eigenvalue weighted by Gasteiger charge is 2.43. The van der Waals surface area contributed by atoms with Crippen molar-refractivity contribution >= 4 is 23.4 Å². The normalized spacial score (nSPS) is 22.4. The number of carbonyl (C=O) groups is 2. The van der Waals surface area contributed by atoms with Crippen LogP contribution in [0, 0.1) is 6.92 Å². The minimum Gasteiger partial charge on any atom is -0.484 e. The number of amides is 2. The summed E-state index contributed by atoms with van der Waals surface area (Å²) in [6, 6.07) is 15.2. The van der Waals surface area contributed by atoms with Crippen molar-refractivity contribution in [1.82, 2.24) is 20.7 Å². The van der Waals surface area contributed by atoms with Crippen LogP contribution in [0.5, 0.6) is 5.75 Å². The van der Waals surface area contributed by atoms with Gasteiger partial charge in [-0.3, -0.25) is 14.6 Å². The van der Waals surface area contributed by atoms with E-state index in [0.29, 0.717) is 29.3 Å². The molecule has 32 heavy (non-hydrogen) atoms. The summed E-state index contributed by atoms with van der Waals surface area (Å²) < 4.78 is 5.72. The molecular formula is C24H25ClN4O3. The Hall–Kier alpha value is -3.03. The number of hydrogen-bond acceptors (Lipinski definition) is 5. The van der Waals surface area contributed by atoms with E-state index < -0.39 is 0 Å². The summed E-state index contributed by atoms with van der Waals surface area (Å²) in [6.07, 6.45) is 1.21. The Bertz CT molecular complexity index is 1100. The minimum atomic E-state index is -0.130. The lowest BCUT2D eigenvalue weighted by molar-refractivity contribution is -0.136. The van der Waals surface area contributed by atoms with Crippen molar-refractivity contribution < 1.29 is 14.3 Å². The van der Waals surface area contributed by atoms with Gasteiger partial charge < -0.3 is 15.0 Å². The van der Waals surface area contributed by atoms with Crippen molar-refractivity contribution in [3.05, 3.63) is 76.0 Å². The van der Waals surface area contributed by atoms with Crippen molar-refractivity contribution in [2.24, 2.45) is 0 Å². The second-order valence-electron chi connectivity index (χ2n) is 8.35. The topological polar surface area (TPSA) is 73.9 Å². The van der Waals surface area contributed by atoms with E-state index in [2.05, 4.69) is 10.7 Å². The molecule has 5 rings (SSSR count). The first-order valence-electron chi connectivity index (χ1n) is 10.8. The molecule has 2 N–H and O–H groups in total. The smallest absolute Gasteiger partial charge is 0.269 e. The lowest BCUT2D eigenvalue weighted by atomic mass is 10.00. The van der Waals surface area contributed by atoms with Crippen LogP contribution in [-0.2, 0) is 9.59 Å². The standard InChI is InChI=1S/C24H25ClN4O3/c1-15-6-2-5-9-21(15)32-14-23(30)28-11-10-19-17(13-28)24(31)29-22(26-19)12-20(27-29)16-7-3-4-8-18(16)25/h2-9,20,22,26-27H,10-14H2,1H3. The van der Waals surface area contributed by atoms with Crippen molar-refractivity contribution in [2.75, 3.05) is 19.7 Å². The fourth-order valence-corrected chi connectivity index (χ4v) is 4.81. The molecule has 0 saturated carbocycles. The van der Waals surface area contributed by atoms with Crippen LogP contribution in [0.15, 0.2) is 59.8 Å². The third-order valence-corrected chi connectivity index (χ3v) is 6.65. The zero-order valence-electron chi connectivity index (χ0n) is 17.8. The quantitative estimate of drug-likeness (QED) is 0.746. The molecule has 2 unspecified atom stereocenters. The number of hydrazine groups is 1. The van der Waals surface area contributed by atoms with Crippen LogP contribution in [0.4, 0.5) is 0 Å². The van der Waals surface area contributed by atoms with Gasteiger partial charge in [0, 0.05) is 30.1 Å². The molecule has 2 amide bonds. The third kappa shape index (κ3) is 3.82. The summed E-state index contributed by atoms with van der Waals surface area (Å²) in [4.78, 5) is 27.7. The zero-order valence-corrected chi connectivity index (χ0v) is 18.6. The largest absolute Gasteiger partial charge is 0.484 e. The number of halogens is 1. The van der Waals surface area contributed by atoms with Gasteiger partial charge in [-0.15, -0.1) is 0 Å². The Balaban J connectivity index is 1.25. The molecule has 1 saturated heterocycles. The van der Waals surface area contributed by atoms with E-state index in [1.54, 1.807) is 9.91 Å². The zero-order chi connectivity index (χ0) is 22.2. The van der Waals surface area contributed by atoms with Crippen LogP contribution in [-0.4, -0.2) is 47.6 Å². The number of hydrogen-bond donors (Lipinski definition) is 2. The minimum absolute atomic E-state index is 0.0474. The van der Waals surface area contributed by atoms with E-state index in [-0.39, 0.29) is 37.2 Å². The number of nitrogens with zero attached hydrogens (tertiary/aromatic N) is 2. The van der Waals surface area contributed by atoms with E-state index in [1.165, 1.54) is 0 Å². The summed E-state index contributed by atoms with van der Waals surface area (Å²) >= 11 is 6.37. The molecule has 3 aliphatic heterocycles. The lowest BCUT2D eigenvalue weighted by Gasteiger charge is -2.39. The first kappa shape index (κ1) is 20.8. The molecule has 166 valence electrons. The van der Waals surface area contributed by atoms with Crippen LogP contribution >= 0.6 is 11.6 Å². The highest BCUT2D eigenvalue weighted by atomic mass is 35.5. The second-order valence-corrected chi connectivity index (χ2v) is 8.76. The van der Waals surface area contributed by atoms with Crippen LogP contribution in [0.25, 0.3) is 0 Å². The fourth-order valence-electron chi connectivity index (χ4n) is 4.54. The number of benzene rings is 2. The Morgan fingerprint density at radius 2 is 1.97 bits per heavy atom. The van der Waals surface area contributed by atoms with E-state index in [1.807, 2.05) is 55.5 Å². The molecular weight excluding hydrogens is 428 g/mol. The average molecular weight is 453 g/mol. The van der Waals surface area contributed by atoms with Crippen LogP contribution in [0.2, 0.25) is 5.02 Å². The number of para-hydroxylation sites is 1. The molecule has 2 aromatic rings. The first-order chi connectivity index (χ1) is 15.5. The van der Waals surface area contributed by atoms with E-state index >= 15 is 0 Å². The molecule has 2 atom stereocenters. The van der Waals surface area contributed by atoms with Crippen LogP contribution in [0.3, 0.4) is 0 Å². The second kappa shape index (κ2) is 8.48. The molecule has 0 spiro atoms. The van der Waals surface area contributed by atoms with Gasteiger partial charge in [0.2, 0.25) is 0 Å². The number of rotatable bonds is 4. The van der Waals surface area contributed by atoms with Gasteiger partial charge in [-0.1, -0.05) is 48.0 Å². The predicted octanol–water partition coefficient (Wildman–Crippen LogP) is 2.92. The summed E-state index contributed by atoms with van der Waals surface area (Å²) in [6.45, 7) is 2.73. The molecule has 1 fully saturated rings. The maximum Gasteiger partial charge on any atom is 0.269 e. The number of nitrogens with one attached hydrogen (secondary N) is 2. The maximum absolute atomic E-state index is 13.3. The summed E-state index contributed by atoms with van der Waals surface area (Å²) in [7, 11) is 0.